The van der Waals surface area contributed by atoms with Crippen LogP contribution in [0, 0.1) is 11.7 Å². The maximum atomic E-state index is 15.0. The Morgan fingerprint density at radius 3 is 2.39 bits per heavy atom. The third-order valence-corrected chi connectivity index (χ3v) is 8.48. The fourth-order valence-electron chi connectivity index (χ4n) is 5.54. The number of thiol groups is 1. The van der Waals surface area contributed by atoms with E-state index in [1.54, 1.807) is 22.4 Å². The number of likely N-dealkylation sites (N-methyl/N-ethyl adjacent to an activating group) is 1. The van der Waals surface area contributed by atoms with Gasteiger partial charge in [-0.25, -0.2) is 9.40 Å². The van der Waals surface area contributed by atoms with Crippen LogP contribution >= 0.6 is 12.6 Å². The summed E-state index contributed by atoms with van der Waals surface area (Å²) in [6.45, 7) is 12.3. The molecule has 1 saturated heterocycles. The molecular weight excluding hydrogens is 575 g/mol. The Bertz CT molecular complexity index is 1490. The number of hydrogen-bond acceptors (Lipinski definition) is 7. The molecule has 0 unspecified atom stereocenters. The van der Waals surface area contributed by atoms with Crippen LogP contribution in [0.5, 0.6) is 0 Å². The standard InChI is InChI=1S/C34H41FN6O2S/c1-24(13-20-44)40(15-14-37(3)4)23-41-25(2)28-7-5-6-8-29(28)32(36-41)22-26-9-12-31(35)30(21-26)34(43)39-18-16-38(17-19-39)33(42)27-10-11-27/h5-9,12-13,20-21,27,44H,1-2,10-11,14-19,22-23H2,3-4H3/b20-13-. The van der Waals surface area contributed by atoms with Crippen molar-refractivity contribution in [3.05, 3.63) is 101 Å². The molecule has 44 heavy (non-hydrogen) atoms. The molecule has 1 aliphatic carbocycles. The average Bonchev–Trinajstić information content (AvgIpc) is 3.87. The van der Waals surface area contributed by atoms with Gasteiger partial charge < -0.3 is 19.6 Å². The van der Waals surface area contributed by atoms with Crippen LogP contribution in [-0.2, 0) is 11.2 Å². The highest BCUT2D eigenvalue weighted by Crippen LogP contribution is 2.32. The number of amides is 2. The van der Waals surface area contributed by atoms with E-state index in [-0.39, 0.29) is 23.3 Å². The van der Waals surface area contributed by atoms with Gasteiger partial charge >= 0.3 is 0 Å². The lowest BCUT2D eigenvalue weighted by molar-refractivity contribution is -0.134. The largest absolute Gasteiger partial charge is 0.351 e. The minimum atomic E-state index is -0.552. The second-order valence-corrected chi connectivity index (χ2v) is 12.1. The summed E-state index contributed by atoms with van der Waals surface area (Å²) in [5.74, 6) is -0.573. The molecule has 2 heterocycles. The first-order valence-corrected chi connectivity index (χ1v) is 15.6. The van der Waals surface area contributed by atoms with E-state index >= 15 is 4.39 Å². The zero-order valence-electron chi connectivity index (χ0n) is 25.6. The fraction of sp³-hybridized carbons (Fsp3) is 0.382. The molecule has 1 saturated carbocycles. The zero-order valence-corrected chi connectivity index (χ0v) is 26.5. The second-order valence-electron chi connectivity index (χ2n) is 11.8. The summed E-state index contributed by atoms with van der Waals surface area (Å²) < 4.78 is 15.0. The molecule has 232 valence electrons. The highest BCUT2D eigenvalue weighted by Gasteiger charge is 2.35. The Kier molecular flexibility index (Phi) is 9.90. The molecule has 2 aromatic rings. The summed E-state index contributed by atoms with van der Waals surface area (Å²) in [6.07, 6.45) is 4.16. The summed E-state index contributed by atoms with van der Waals surface area (Å²) in [6, 6.07) is 12.7. The van der Waals surface area contributed by atoms with Crippen LogP contribution in [0.3, 0.4) is 0 Å². The van der Waals surface area contributed by atoms with E-state index in [0.717, 1.165) is 59.7 Å². The molecule has 5 rings (SSSR count). The first kappa shape index (κ1) is 31.5. The smallest absolute Gasteiger partial charge is 0.256 e. The first-order chi connectivity index (χ1) is 21.2. The van der Waals surface area contributed by atoms with Crippen molar-refractivity contribution < 1.29 is 14.0 Å². The number of allylic oxidation sites excluding steroid dienone is 1. The molecule has 0 aromatic heterocycles. The highest BCUT2D eigenvalue weighted by molar-refractivity contribution is 7.83. The predicted molar refractivity (Wildman–Crippen MR) is 177 cm³/mol. The molecule has 2 amide bonds. The van der Waals surface area contributed by atoms with Gasteiger partial charge in [-0.3, -0.25) is 9.59 Å². The Balaban J connectivity index is 1.36. The number of nitrogens with zero attached hydrogens (tertiary/aromatic N) is 6. The summed E-state index contributed by atoms with van der Waals surface area (Å²) in [5, 5.41) is 8.57. The summed E-state index contributed by atoms with van der Waals surface area (Å²) in [4.78, 5) is 33.6. The maximum absolute atomic E-state index is 15.0. The normalized spacial score (nSPS) is 16.8. The minimum absolute atomic E-state index is 0.0418. The summed E-state index contributed by atoms with van der Waals surface area (Å²) in [5.41, 5.74) is 5.13. The van der Waals surface area contributed by atoms with Crippen LogP contribution in [-0.4, -0.2) is 102 Å². The molecule has 0 atom stereocenters. The Hall–Kier alpha value is -3.89. The first-order valence-electron chi connectivity index (χ1n) is 15.1. The van der Waals surface area contributed by atoms with E-state index in [4.69, 9.17) is 5.10 Å². The van der Waals surface area contributed by atoms with E-state index in [2.05, 4.69) is 35.6 Å². The zero-order chi connectivity index (χ0) is 31.4. The SMILES string of the molecule is C=C(/C=C\S)N(CCN(C)C)CN1N=C(Cc2ccc(F)c(C(=O)N3CCN(C(=O)C4CC4)CC3)c2)c2ccccc2C1=C. The van der Waals surface area contributed by atoms with Gasteiger partial charge in [0.05, 0.1) is 17.0 Å². The lowest BCUT2D eigenvalue weighted by Crippen LogP contribution is -2.51. The third kappa shape index (κ3) is 7.25. The molecule has 2 aromatic carbocycles. The van der Waals surface area contributed by atoms with Crippen molar-refractivity contribution >= 4 is 35.9 Å². The van der Waals surface area contributed by atoms with Crippen molar-refractivity contribution in [2.24, 2.45) is 11.0 Å². The number of rotatable bonds is 11. The van der Waals surface area contributed by atoms with Gasteiger partial charge in [0.1, 0.15) is 12.5 Å². The van der Waals surface area contributed by atoms with E-state index in [9.17, 15) is 9.59 Å². The van der Waals surface area contributed by atoms with Crippen LogP contribution < -0.4 is 0 Å². The Labute approximate surface area is 265 Å². The maximum Gasteiger partial charge on any atom is 0.256 e. The van der Waals surface area contributed by atoms with Crippen LogP contribution in [0.15, 0.2) is 77.9 Å². The van der Waals surface area contributed by atoms with E-state index in [1.165, 1.54) is 6.07 Å². The van der Waals surface area contributed by atoms with Crippen molar-refractivity contribution in [2.45, 2.75) is 19.3 Å². The highest BCUT2D eigenvalue weighted by atomic mass is 32.1. The van der Waals surface area contributed by atoms with Gasteiger partial charge in [0, 0.05) is 68.4 Å². The second kappa shape index (κ2) is 13.8. The quantitative estimate of drug-likeness (QED) is 0.297. The van der Waals surface area contributed by atoms with Crippen molar-refractivity contribution in [3.8, 4) is 0 Å². The number of piperazine rings is 1. The predicted octanol–water partition coefficient (Wildman–Crippen LogP) is 4.53. The molecule has 10 heteroatoms. The average molecular weight is 617 g/mol. The van der Waals surface area contributed by atoms with Crippen LogP contribution in [0.1, 0.15) is 39.9 Å². The monoisotopic (exact) mass is 616 g/mol. The van der Waals surface area contributed by atoms with E-state index in [1.807, 2.05) is 54.3 Å². The molecule has 3 aliphatic rings. The van der Waals surface area contributed by atoms with Crippen molar-refractivity contribution in [1.82, 2.24) is 24.6 Å². The van der Waals surface area contributed by atoms with Crippen LogP contribution in [0.4, 0.5) is 4.39 Å². The van der Waals surface area contributed by atoms with Crippen molar-refractivity contribution in [2.75, 3.05) is 60.0 Å². The molecule has 0 spiro atoms. The van der Waals surface area contributed by atoms with Crippen LogP contribution in [0.2, 0.25) is 0 Å². The Morgan fingerprint density at radius 2 is 1.73 bits per heavy atom. The molecule has 0 N–H and O–H groups in total. The Morgan fingerprint density at radius 1 is 1.05 bits per heavy atom. The van der Waals surface area contributed by atoms with Gasteiger partial charge in [0.25, 0.3) is 5.91 Å². The number of hydrazone groups is 1. The van der Waals surface area contributed by atoms with Gasteiger partial charge in [-0.1, -0.05) is 43.5 Å². The van der Waals surface area contributed by atoms with Crippen molar-refractivity contribution in [1.29, 1.82) is 0 Å². The number of halogens is 1. The number of carbonyl (C=O) groups excluding carboxylic acids is 2. The number of benzene rings is 2. The third-order valence-electron chi connectivity index (χ3n) is 8.33. The van der Waals surface area contributed by atoms with Gasteiger partial charge in [0.2, 0.25) is 5.91 Å². The molecule has 0 radical (unpaired) electrons. The van der Waals surface area contributed by atoms with Crippen molar-refractivity contribution in [3.63, 3.8) is 0 Å². The lowest BCUT2D eigenvalue weighted by Gasteiger charge is -2.35. The fourth-order valence-corrected chi connectivity index (χ4v) is 5.71. The number of fused-ring (bicyclic) bond motifs is 1. The molecular formula is C34H41FN6O2S. The van der Waals surface area contributed by atoms with Gasteiger partial charge in [-0.2, -0.15) is 17.7 Å². The summed E-state index contributed by atoms with van der Waals surface area (Å²) >= 11 is 4.23. The van der Waals surface area contributed by atoms with Gasteiger partial charge in [0.15, 0.2) is 0 Å². The van der Waals surface area contributed by atoms with E-state index in [0.29, 0.717) is 39.3 Å². The molecule has 8 nitrogen and oxygen atoms in total. The minimum Gasteiger partial charge on any atom is -0.351 e. The topological polar surface area (TPSA) is 62.7 Å². The molecule has 2 aliphatic heterocycles. The molecule has 2 fully saturated rings. The number of carbonyl (C=O) groups is 2. The van der Waals surface area contributed by atoms with Crippen LogP contribution in [0.25, 0.3) is 5.70 Å². The van der Waals surface area contributed by atoms with E-state index < -0.39 is 5.82 Å². The molecule has 0 bridgehead atoms. The van der Waals surface area contributed by atoms with Gasteiger partial charge in [-0.15, -0.1) is 0 Å². The number of hydrogen-bond donors (Lipinski definition) is 1. The summed E-state index contributed by atoms with van der Waals surface area (Å²) in [7, 11) is 4.05. The lowest BCUT2D eigenvalue weighted by atomic mass is 9.94. The van der Waals surface area contributed by atoms with Gasteiger partial charge in [-0.05, 0) is 56.1 Å².